The molecule has 1 aliphatic carbocycles. The maximum Gasteiger partial charge on any atom is 0.0618 e. The largest absolute Gasteiger partial charge is 0.383 e. The van der Waals surface area contributed by atoms with Crippen LogP contribution in [0.5, 0.6) is 0 Å². The fraction of sp³-hybridized carbons (Fsp3) is 1.00. The van der Waals surface area contributed by atoms with Gasteiger partial charge in [0.25, 0.3) is 0 Å². The van der Waals surface area contributed by atoms with Gasteiger partial charge in [-0.1, -0.05) is 40.5 Å². The highest BCUT2D eigenvalue weighted by Gasteiger charge is 2.29. The van der Waals surface area contributed by atoms with Crippen molar-refractivity contribution in [2.45, 2.75) is 59.0 Å². The summed E-state index contributed by atoms with van der Waals surface area (Å²) in [4.78, 5) is 0. The summed E-state index contributed by atoms with van der Waals surface area (Å²) in [5.41, 5.74) is 0. The Hall–Kier alpha value is -0.0800. The van der Waals surface area contributed by atoms with Gasteiger partial charge in [0.1, 0.15) is 0 Å². The Balaban J connectivity index is 2.49. The van der Waals surface area contributed by atoms with Gasteiger partial charge in [-0.25, -0.2) is 0 Å². The highest BCUT2D eigenvalue weighted by atomic mass is 16.5. The summed E-state index contributed by atoms with van der Waals surface area (Å²) < 4.78 is 5.31. The van der Waals surface area contributed by atoms with E-state index in [2.05, 4.69) is 33.0 Å². The zero-order chi connectivity index (χ0) is 12.1. The minimum atomic E-state index is 0.503. The van der Waals surface area contributed by atoms with Crippen molar-refractivity contribution in [3.63, 3.8) is 0 Å². The molecule has 0 aromatic heterocycles. The van der Waals surface area contributed by atoms with Crippen molar-refractivity contribution < 1.29 is 4.74 Å². The first-order chi connectivity index (χ1) is 7.56. The number of hydrogen-bond acceptors (Lipinski definition) is 2. The van der Waals surface area contributed by atoms with Gasteiger partial charge in [-0.2, -0.15) is 0 Å². The first kappa shape index (κ1) is 14.0. The van der Waals surface area contributed by atoms with Gasteiger partial charge in [0, 0.05) is 19.2 Å². The molecule has 2 nitrogen and oxygen atoms in total. The standard InChI is InChI=1S/C14H29NO/c1-10(2)14(9-16-5)15-13-8-6-7-11(3)12(13)4/h10-15H,6-9H2,1-5H3. The van der Waals surface area contributed by atoms with Gasteiger partial charge in [-0.15, -0.1) is 0 Å². The van der Waals surface area contributed by atoms with Crippen LogP contribution in [0.3, 0.4) is 0 Å². The van der Waals surface area contributed by atoms with E-state index in [4.69, 9.17) is 4.74 Å². The first-order valence-corrected chi connectivity index (χ1v) is 6.81. The monoisotopic (exact) mass is 227 g/mol. The minimum Gasteiger partial charge on any atom is -0.383 e. The Morgan fingerprint density at radius 1 is 1.25 bits per heavy atom. The number of hydrogen-bond donors (Lipinski definition) is 1. The van der Waals surface area contributed by atoms with Crippen LogP contribution in [0.4, 0.5) is 0 Å². The predicted molar refractivity (Wildman–Crippen MR) is 69.6 cm³/mol. The highest BCUT2D eigenvalue weighted by molar-refractivity contribution is 4.85. The van der Waals surface area contributed by atoms with Gasteiger partial charge in [-0.05, 0) is 24.2 Å². The molecular formula is C14H29NO. The van der Waals surface area contributed by atoms with E-state index >= 15 is 0 Å². The molecule has 2 heteroatoms. The molecule has 96 valence electrons. The quantitative estimate of drug-likeness (QED) is 0.779. The summed E-state index contributed by atoms with van der Waals surface area (Å²) in [6.07, 6.45) is 4.11. The van der Waals surface area contributed by atoms with Gasteiger partial charge in [0.2, 0.25) is 0 Å². The van der Waals surface area contributed by atoms with E-state index in [-0.39, 0.29) is 0 Å². The fourth-order valence-electron chi connectivity index (χ4n) is 2.70. The van der Waals surface area contributed by atoms with Gasteiger partial charge >= 0.3 is 0 Å². The molecule has 0 bridgehead atoms. The molecule has 0 spiro atoms. The summed E-state index contributed by atoms with van der Waals surface area (Å²) in [6.45, 7) is 10.2. The molecule has 0 saturated heterocycles. The minimum absolute atomic E-state index is 0.503. The topological polar surface area (TPSA) is 21.3 Å². The summed E-state index contributed by atoms with van der Waals surface area (Å²) in [6, 6.07) is 1.19. The average Bonchev–Trinajstić information content (AvgIpc) is 2.23. The Labute approximate surface area is 101 Å². The third-order valence-corrected chi connectivity index (χ3v) is 4.29. The van der Waals surface area contributed by atoms with Crippen molar-refractivity contribution in [1.29, 1.82) is 0 Å². The molecule has 4 atom stereocenters. The Morgan fingerprint density at radius 3 is 2.50 bits per heavy atom. The van der Waals surface area contributed by atoms with Gasteiger partial charge < -0.3 is 10.1 Å². The van der Waals surface area contributed by atoms with Crippen LogP contribution in [0.15, 0.2) is 0 Å². The normalized spacial score (nSPS) is 33.0. The molecule has 1 N–H and O–H groups in total. The van der Waals surface area contributed by atoms with E-state index in [0.29, 0.717) is 18.0 Å². The fourth-order valence-corrected chi connectivity index (χ4v) is 2.70. The second-order valence-electron chi connectivity index (χ2n) is 5.85. The summed E-state index contributed by atoms with van der Waals surface area (Å²) >= 11 is 0. The number of nitrogens with one attached hydrogen (secondary N) is 1. The lowest BCUT2D eigenvalue weighted by molar-refractivity contribution is 0.115. The highest BCUT2D eigenvalue weighted by Crippen LogP contribution is 2.30. The number of methoxy groups -OCH3 is 1. The van der Waals surface area contributed by atoms with Crippen LogP contribution < -0.4 is 5.32 Å². The second kappa shape index (κ2) is 6.61. The Bertz CT molecular complexity index is 193. The average molecular weight is 227 g/mol. The third-order valence-electron chi connectivity index (χ3n) is 4.29. The van der Waals surface area contributed by atoms with Crippen molar-refractivity contribution in [3.05, 3.63) is 0 Å². The summed E-state index contributed by atoms with van der Waals surface area (Å²) in [5.74, 6) is 2.30. The molecule has 4 unspecified atom stereocenters. The molecule has 16 heavy (non-hydrogen) atoms. The van der Waals surface area contributed by atoms with E-state index in [1.807, 2.05) is 0 Å². The van der Waals surface area contributed by atoms with Crippen LogP contribution in [0.2, 0.25) is 0 Å². The van der Waals surface area contributed by atoms with Crippen molar-refractivity contribution in [3.8, 4) is 0 Å². The molecule has 0 radical (unpaired) electrons. The summed E-state index contributed by atoms with van der Waals surface area (Å²) in [5, 5.41) is 3.81. The lowest BCUT2D eigenvalue weighted by atomic mass is 9.77. The Morgan fingerprint density at radius 2 is 1.94 bits per heavy atom. The van der Waals surface area contributed by atoms with Crippen molar-refractivity contribution >= 4 is 0 Å². The van der Waals surface area contributed by atoms with E-state index in [1.54, 1.807) is 7.11 Å². The van der Waals surface area contributed by atoms with E-state index in [1.165, 1.54) is 19.3 Å². The number of ether oxygens (including phenoxy) is 1. The third kappa shape index (κ3) is 3.74. The molecule has 1 saturated carbocycles. The van der Waals surface area contributed by atoms with Gasteiger partial charge in [-0.3, -0.25) is 0 Å². The smallest absolute Gasteiger partial charge is 0.0618 e. The molecule has 0 amide bonds. The van der Waals surface area contributed by atoms with Crippen LogP contribution >= 0.6 is 0 Å². The molecule has 0 aromatic rings. The molecular weight excluding hydrogens is 198 g/mol. The maximum atomic E-state index is 5.31. The van der Waals surface area contributed by atoms with Crippen LogP contribution in [0.1, 0.15) is 47.0 Å². The molecule has 1 rings (SSSR count). The van der Waals surface area contributed by atoms with Crippen molar-refractivity contribution in [2.24, 2.45) is 17.8 Å². The van der Waals surface area contributed by atoms with Gasteiger partial charge in [0.05, 0.1) is 6.61 Å². The van der Waals surface area contributed by atoms with E-state index < -0.39 is 0 Å². The molecule has 1 aliphatic rings. The van der Waals surface area contributed by atoms with Gasteiger partial charge in [0.15, 0.2) is 0 Å². The first-order valence-electron chi connectivity index (χ1n) is 6.81. The zero-order valence-electron chi connectivity index (χ0n) is 11.6. The lowest BCUT2D eigenvalue weighted by Gasteiger charge is -2.38. The van der Waals surface area contributed by atoms with Crippen LogP contribution in [-0.4, -0.2) is 25.8 Å². The second-order valence-corrected chi connectivity index (χ2v) is 5.85. The number of rotatable bonds is 5. The van der Waals surface area contributed by atoms with Crippen LogP contribution in [0.25, 0.3) is 0 Å². The zero-order valence-corrected chi connectivity index (χ0v) is 11.6. The molecule has 0 heterocycles. The SMILES string of the molecule is COCC(NC1CCCC(C)C1C)C(C)C. The predicted octanol–water partition coefficient (Wildman–Crippen LogP) is 3.07. The molecule has 0 aliphatic heterocycles. The van der Waals surface area contributed by atoms with Crippen molar-refractivity contribution in [2.75, 3.05) is 13.7 Å². The summed E-state index contributed by atoms with van der Waals surface area (Å²) in [7, 11) is 1.80. The van der Waals surface area contributed by atoms with E-state index in [0.717, 1.165) is 18.4 Å². The maximum absolute atomic E-state index is 5.31. The van der Waals surface area contributed by atoms with Crippen LogP contribution in [-0.2, 0) is 4.74 Å². The van der Waals surface area contributed by atoms with E-state index in [9.17, 15) is 0 Å². The lowest BCUT2D eigenvalue weighted by Crippen LogP contribution is -2.49. The van der Waals surface area contributed by atoms with Crippen molar-refractivity contribution in [1.82, 2.24) is 5.32 Å². The Kier molecular flexibility index (Phi) is 5.77. The molecule has 1 fully saturated rings. The van der Waals surface area contributed by atoms with Crippen LogP contribution in [0, 0.1) is 17.8 Å². The molecule has 0 aromatic carbocycles.